The Bertz CT molecular complexity index is 555. The fourth-order valence-corrected chi connectivity index (χ4v) is 2.03. The van der Waals surface area contributed by atoms with E-state index in [-0.39, 0.29) is 12.2 Å². The van der Waals surface area contributed by atoms with E-state index in [1.54, 1.807) is 13.0 Å². The summed E-state index contributed by atoms with van der Waals surface area (Å²) < 4.78 is 4.78. The average Bonchev–Trinajstić information content (AvgIpc) is 2.63. The van der Waals surface area contributed by atoms with Crippen LogP contribution in [0.1, 0.15) is 17.3 Å². The first-order valence-corrected chi connectivity index (χ1v) is 5.43. The summed E-state index contributed by atoms with van der Waals surface area (Å²) in [4.78, 5) is 25.5. The van der Waals surface area contributed by atoms with Crippen molar-refractivity contribution in [2.75, 3.05) is 6.61 Å². The molecule has 0 spiro atoms. The van der Waals surface area contributed by atoms with Crippen LogP contribution in [0, 0.1) is 0 Å². The number of rotatable bonds is 2. The van der Waals surface area contributed by atoms with Crippen LogP contribution in [0.4, 0.5) is 0 Å². The molecule has 0 fully saturated rings. The molecule has 0 saturated carbocycles. The Hall–Kier alpha value is -1.62. The molecule has 1 N–H and O–H groups in total. The Morgan fingerprint density at radius 2 is 2.33 bits per heavy atom. The van der Waals surface area contributed by atoms with Crippen LogP contribution in [0.15, 0.2) is 21.6 Å². The van der Waals surface area contributed by atoms with Crippen LogP contribution in [0.25, 0.3) is 10.9 Å². The average molecular weight is 223 g/mol. The summed E-state index contributed by atoms with van der Waals surface area (Å²) in [5, 5.41) is 4.54. The third kappa shape index (κ3) is 1.78. The number of carbonyl (C=O) groups excluding carboxylic acids is 1. The Balaban J connectivity index is 2.55. The Morgan fingerprint density at radius 1 is 1.53 bits per heavy atom. The van der Waals surface area contributed by atoms with Crippen LogP contribution >= 0.6 is 11.3 Å². The number of aromatic amines is 1. The van der Waals surface area contributed by atoms with Crippen LogP contribution in [0.3, 0.4) is 0 Å². The molecular weight excluding hydrogens is 214 g/mol. The van der Waals surface area contributed by atoms with Crippen LogP contribution in [-0.2, 0) is 4.74 Å². The number of hydrogen-bond donors (Lipinski definition) is 1. The first kappa shape index (κ1) is 9.92. The van der Waals surface area contributed by atoms with E-state index in [0.717, 1.165) is 10.9 Å². The Morgan fingerprint density at radius 3 is 3.07 bits per heavy atom. The molecule has 0 aromatic carbocycles. The van der Waals surface area contributed by atoms with Crippen molar-refractivity contribution < 1.29 is 9.53 Å². The molecule has 2 heterocycles. The van der Waals surface area contributed by atoms with Gasteiger partial charge >= 0.3 is 5.97 Å². The summed E-state index contributed by atoms with van der Waals surface area (Å²) in [6, 6.07) is 1.56. The Labute approximate surface area is 89.5 Å². The molecule has 0 atom stereocenters. The monoisotopic (exact) mass is 223 g/mol. The van der Waals surface area contributed by atoms with Gasteiger partial charge in [-0.1, -0.05) is 0 Å². The smallest absolute Gasteiger partial charge is 0.343 e. The highest BCUT2D eigenvalue weighted by atomic mass is 32.1. The summed E-state index contributed by atoms with van der Waals surface area (Å²) in [6.45, 7) is 1.97. The normalized spacial score (nSPS) is 10.5. The largest absolute Gasteiger partial charge is 0.462 e. The number of hydrogen-bond acceptors (Lipinski definition) is 4. The van der Waals surface area contributed by atoms with Gasteiger partial charge < -0.3 is 9.72 Å². The zero-order chi connectivity index (χ0) is 10.8. The quantitative estimate of drug-likeness (QED) is 0.789. The van der Waals surface area contributed by atoms with Crippen molar-refractivity contribution in [1.29, 1.82) is 0 Å². The fourth-order valence-electron chi connectivity index (χ4n) is 1.29. The lowest BCUT2D eigenvalue weighted by Crippen LogP contribution is -2.19. The molecule has 0 saturated heterocycles. The molecule has 0 aliphatic carbocycles. The van der Waals surface area contributed by atoms with Crippen molar-refractivity contribution in [2.45, 2.75) is 6.92 Å². The maximum absolute atomic E-state index is 11.5. The molecule has 2 aromatic rings. The maximum Gasteiger partial charge on any atom is 0.343 e. The molecule has 2 aromatic heterocycles. The number of esters is 1. The second-order valence-corrected chi connectivity index (χ2v) is 3.72. The van der Waals surface area contributed by atoms with E-state index in [0.29, 0.717) is 0 Å². The predicted molar refractivity (Wildman–Crippen MR) is 58.4 cm³/mol. The highest BCUT2D eigenvalue weighted by Gasteiger charge is 2.12. The van der Waals surface area contributed by atoms with Crippen LogP contribution in [0.5, 0.6) is 0 Å². The molecule has 78 valence electrons. The third-order valence-corrected chi connectivity index (χ3v) is 2.74. The van der Waals surface area contributed by atoms with E-state index >= 15 is 0 Å². The molecular formula is C10H9NO3S. The minimum atomic E-state index is -0.577. The van der Waals surface area contributed by atoms with Gasteiger partial charge in [0.2, 0.25) is 0 Å². The van der Waals surface area contributed by atoms with Crippen molar-refractivity contribution in [1.82, 2.24) is 4.98 Å². The van der Waals surface area contributed by atoms with Crippen LogP contribution in [-0.4, -0.2) is 17.6 Å². The highest BCUT2D eigenvalue weighted by molar-refractivity contribution is 7.09. The second kappa shape index (κ2) is 3.86. The zero-order valence-electron chi connectivity index (χ0n) is 8.07. The standard InChI is InChI=1S/C10H9NO3S/c1-2-14-10(13)7-3-6-4-15-5-8(6)11-9(7)12/h3-5H,2H2,1H3,(H,11,12). The van der Waals surface area contributed by atoms with Gasteiger partial charge in [-0.15, -0.1) is 11.3 Å². The number of ether oxygens (including phenoxy) is 1. The van der Waals surface area contributed by atoms with Gasteiger partial charge in [-0.25, -0.2) is 4.79 Å². The summed E-state index contributed by atoms with van der Waals surface area (Å²) >= 11 is 1.47. The van der Waals surface area contributed by atoms with Gasteiger partial charge in [0.05, 0.1) is 12.1 Å². The van der Waals surface area contributed by atoms with Crippen molar-refractivity contribution in [3.8, 4) is 0 Å². The zero-order valence-corrected chi connectivity index (χ0v) is 8.89. The summed E-state index contributed by atoms with van der Waals surface area (Å²) in [5.41, 5.74) is 0.403. The molecule has 2 rings (SSSR count). The molecule has 0 radical (unpaired) electrons. The van der Waals surface area contributed by atoms with Crippen molar-refractivity contribution in [3.05, 3.63) is 32.7 Å². The van der Waals surface area contributed by atoms with Gasteiger partial charge in [-0.05, 0) is 13.0 Å². The number of aromatic nitrogens is 1. The second-order valence-electron chi connectivity index (χ2n) is 2.97. The lowest BCUT2D eigenvalue weighted by molar-refractivity contribution is 0.0524. The molecule has 0 aliphatic heterocycles. The van der Waals surface area contributed by atoms with Crippen LogP contribution < -0.4 is 5.56 Å². The molecule has 0 amide bonds. The van der Waals surface area contributed by atoms with Gasteiger partial charge in [0.1, 0.15) is 5.56 Å². The van der Waals surface area contributed by atoms with Crippen LogP contribution in [0.2, 0.25) is 0 Å². The fraction of sp³-hybridized carbons (Fsp3) is 0.200. The molecule has 15 heavy (non-hydrogen) atoms. The van der Waals surface area contributed by atoms with Crippen molar-refractivity contribution >= 4 is 28.2 Å². The third-order valence-electron chi connectivity index (χ3n) is 1.98. The van der Waals surface area contributed by atoms with E-state index in [9.17, 15) is 9.59 Å². The number of pyridine rings is 1. The topological polar surface area (TPSA) is 59.2 Å². The summed E-state index contributed by atoms with van der Waals surface area (Å²) in [6.07, 6.45) is 0. The first-order valence-electron chi connectivity index (χ1n) is 4.48. The number of H-pyrrole nitrogens is 1. The molecule has 5 heteroatoms. The molecule has 4 nitrogen and oxygen atoms in total. The van der Waals surface area contributed by atoms with Crippen molar-refractivity contribution in [3.63, 3.8) is 0 Å². The van der Waals surface area contributed by atoms with E-state index < -0.39 is 11.5 Å². The number of carbonyl (C=O) groups is 1. The number of nitrogens with one attached hydrogen (secondary N) is 1. The van der Waals surface area contributed by atoms with E-state index in [1.165, 1.54) is 11.3 Å². The molecule has 0 bridgehead atoms. The van der Waals surface area contributed by atoms with Gasteiger partial charge in [0.15, 0.2) is 0 Å². The number of thiophene rings is 1. The van der Waals surface area contributed by atoms with E-state index in [4.69, 9.17) is 4.74 Å². The predicted octanol–water partition coefficient (Wildman–Crippen LogP) is 1.77. The van der Waals surface area contributed by atoms with Gasteiger partial charge in [0, 0.05) is 16.1 Å². The SMILES string of the molecule is CCOC(=O)c1cc2cscc2[nH]c1=O. The lowest BCUT2D eigenvalue weighted by Gasteiger charge is -2.00. The molecule has 0 unspecified atom stereocenters. The van der Waals surface area contributed by atoms with Gasteiger partial charge in [-0.2, -0.15) is 0 Å². The minimum absolute atomic E-state index is 0.0581. The highest BCUT2D eigenvalue weighted by Crippen LogP contribution is 2.16. The summed E-state index contributed by atoms with van der Waals surface area (Å²) in [7, 11) is 0. The van der Waals surface area contributed by atoms with E-state index in [2.05, 4.69) is 4.98 Å². The minimum Gasteiger partial charge on any atom is -0.462 e. The van der Waals surface area contributed by atoms with Gasteiger partial charge in [0.25, 0.3) is 5.56 Å². The van der Waals surface area contributed by atoms with Crippen molar-refractivity contribution in [2.24, 2.45) is 0 Å². The number of fused-ring (bicyclic) bond motifs is 1. The first-order chi connectivity index (χ1) is 7.22. The van der Waals surface area contributed by atoms with E-state index in [1.807, 2.05) is 10.8 Å². The molecule has 0 aliphatic rings. The lowest BCUT2D eigenvalue weighted by atomic mass is 10.2. The Kier molecular flexibility index (Phi) is 2.55. The summed E-state index contributed by atoms with van der Waals surface area (Å²) in [5.74, 6) is -0.577. The maximum atomic E-state index is 11.5. The van der Waals surface area contributed by atoms with Gasteiger partial charge in [-0.3, -0.25) is 4.79 Å².